The summed E-state index contributed by atoms with van der Waals surface area (Å²) < 4.78 is 80.6. The van der Waals surface area contributed by atoms with Crippen LogP contribution in [0, 0.1) is 11.3 Å². The Morgan fingerprint density at radius 1 is 0.816 bits per heavy atom. The van der Waals surface area contributed by atoms with Crippen LogP contribution in [0.15, 0.2) is 47.4 Å². The molecule has 1 aliphatic carbocycles. The van der Waals surface area contributed by atoms with Crippen molar-refractivity contribution in [3.8, 4) is 11.1 Å². The predicted octanol–water partition coefficient (Wildman–Crippen LogP) is 5.00. The molecule has 1 aromatic heterocycles. The van der Waals surface area contributed by atoms with Gasteiger partial charge in [-0.25, -0.2) is 4.79 Å². The number of alkyl halides is 6. The van der Waals surface area contributed by atoms with Gasteiger partial charge in [-0.2, -0.15) is 26.3 Å². The number of carbonyl (C=O) groups is 3. The average Bonchev–Trinajstić information content (AvgIpc) is 3.51. The third kappa shape index (κ3) is 8.05. The first-order chi connectivity index (χ1) is 22.9. The Kier molecular flexibility index (Phi) is 10.1. The minimum Gasteiger partial charge on any atom is -0.465 e. The first kappa shape index (κ1) is 36.2. The number of carboxylic acid groups (broad SMARTS) is 1. The molecular formula is C33H38F6N4O6. The van der Waals surface area contributed by atoms with Crippen LogP contribution in [0.2, 0.25) is 0 Å². The summed E-state index contributed by atoms with van der Waals surface area (Å²) >= 11 is 0. The normalized spacial score (nSPS) is 21.4. The van der Waals surface area contributed by atoms with Crippen LogP contribution in [0.1, 0.15) is 55.3 Å². The highest BCUT2D eigenvalue weighted by atomic mass is 19.4. The van der Waals surface area contributed by atoms with Crippen molar-refractivity contribution in [1.82, 2.24) is 19.3 Å². The summed E-state index contributed by atoms with van der Waals surface area (Å²) in [6.45, 7) is -0.523. The summed E-state index contributed by atoms with van der Waals surface area (Å²) in [6, 6.07) is 9.94. The monoisotopic (exact) mass is 700 g/mol. The van der Waals surface area contributed by atoms with Crippen LogP contribution in [0.3, 0.4) is 0 Å². The van der Waals surface area contributed by atoms with Crippen LogP contribution >= 0.6 is 0 Å². The van der Waals surface area contributed by atoms with Gasteiger partial charge in [-0.3, -0.25) is 14.4 Å². The van der Waals surface area contributed by atoms with E-state index in [0.29, 0.717) is 36.8 Å². The van der Waals surface area contributed by atoms with Gasteiger partial charge in [-0.05, 0) is 24.8 Å². The second-order valence-corrected chi connectivity index (χ2v) is 13.4. The molecule has 10 nitrogen and oxygen atoms in total. The molecule has 3 amide bonds. The molecule has 1 saturated carbocycles. The lowest BCUT2D eigenvalue weighted by Crippen LogP contribution is -2.62. The van der Waals surface area contributed by atoms with Gasteiger partial charge in [0.2, 0.25) is 5.91 Å². The topological polar surface area (TPSA) is 123 Å². The Balaban J connectivity index is 1.45. The number of benzene rings is 1. The lowest BCUT2D eigenvalue weighted by atomic mass is 9.65. The van der Waals surface area contributed by atoms with Crippen molar-refractivity contribution in [2.45, 2.75) is 69.4 Å². The molecular weight excluding hydrogens is 662 g/mol. The van der Waals surface area contributed by atoms with Crippen LogP contribution in [0.4, 0.5) is 31.1 Å². The van der Waals surface area contributed by atoms with Crippen molar-refractivity contribution in [3.63, 3.8) is 0 Å². The molecule has 0 radical (unpaired) electrons. The van der Waals surface area contributed by atoms with E-state index >= 15 is 0 Å². The second kappa shape index (κ2) is 13.7. The van der Waals surface area contributed by atoms with Crippen LogP contribution in [0.25, 0.3) is 11.1 Å². The zero-order valence-electron chi connectivity index (χ0n) is 26.6. The largest absolute Gasteiger partial charge is 0.465 e. The molecule has 3 aliphatic rings. The number of hydrogen-bond acceptors (Lipinski definition) is 5. The minimum absolute atomic E-state index is 0.0890. The predicted molar refractivity (Wildman–Crippen MR) is 164 cm³/mol. The number of amides is 3. The first-order valence-electron chi connectivity index (χ1n) is 16.1. The number of pyridine rings is 1. The quantitative estimate of drug-likeness (QED) is 0.393. The van der Waals surface area contributed by atoms with E-state index < -0.39 is 65.6 Å². The lowest BCUT2D eigenvalue weighted by Gasteiger charge is -2.53. The zero-order chi connectivity index (χ0) is 35.8. The maximum atomic E-state index is 13.9. The Bertz CT molecular complexity index is 1580. The van der Waals surface area contributed by atoms with Crippen molar-refractivity contribution in [3.05, 3.63) is 58.5 Å². The molecule has 49 heavy (non-hydrogen) atoms. The number of nitrogens with zero attached hydrogens (tertiary/aromatic N) is 4. The minimum atomic E-state index is -5.00. The van der Waals surface area contributed by atoms with Crippen molar-refractivity contribution in [2.75, 3.05) is 39.3 Å². The SMILES string of the molecule is O=C(O)N1CCN(C(=O)c2cn(CC3(O)CCN(C(=O)C(CC(F)(F)F)CC(F)(F)F)CC34CCCC4)c(=O)cc2-c2ccccc2)CC1. The van der Waals surface area contributed by atoms with E-state index in [0.717, 1.165) is 4.90 Å². The van der Waals surface area contributed by atoms with Crippen molar-refractivity contribution in [1.29, 1.82) is 0 Å². The van der Waals surface area contributed by atoms with Crippen LogP contribution < -0.4 is 5.56 Å². The summed E-state index contributed by atoms with van der Waals surface area (Å²) in [5.74, 6) is -4.09. The fraction of sp³-hybridized carbons (Fsp3) is 0.576. The molecule has 2 aliphatic heterocycles. The Morgan fingerprint density at radius 3 is 1.94 bits per heavy atom. The molecule has 1 atom stereocenters. The zero-order valence-corrected chi connectivity index (χ0v) is 26.6. The van der Waals surface area contributed by atoms with Crippen LogP contribution in [-0.4, -0.2) is 105 Å². The summed E-state index contributed by atoms with van der Waals surface area (Å²) in [7, 11) is 0. The fourth-order valence-corrected chi connectivity index (χ4v) is 7.63. The summed E-state index contributed by atoms with van der Waals surface area (Å²) in [5, 5.41) is 21.6. The fourth-order valence-electron chi connectivity index (χ4n) is 7.63. The first-order valence-corrected chi connectivity index (χ1v) is 16.1. The summed E-state index contributed by atoms with van der Waals surface area (Å²) in [6.07, 6.45) is -12.0. The number of aromatic nitrogens is 1. The average molecular weight is 701 g/mol. The van der Waals surface area contributed by atoms with Gasteiger partial charge in [-0.15, -0.1) is 0 Å². The molecule has 16 heteroatoms. The van der Waals surface area contributed by atoms with Crippen LogP contribution in [-0.2, 0) is 11.3 Å². The molecule has 2 aromatic rings. The van der Waals surface area contributed by atoms with E-state index in [2.05, 4.69) is 0 Å². The van der Waals surface area contributed by atoms with Crippen molar-refractivity contribution >= 4 is 17.9 Å². The van der Waals surface area contributed by atoms with E-state index in [4.69, 9.17) is 0 Å². The Labute approximate surface area is 277 Å². The van der Waals surface area contributed by atoms with Gasteiger partial charge in [0, 0.05) is 62.5 Å². The van der Waals surface area contributed by atoms with E-state index in [9.17, 15) is 55.7 Å². The Morgan fingerprint density at radius 2 is 1.39 bits per heavy atom. The summed E-state index contributed by atoms with van der Waals surface area (Å²) in [5.41, 5.74) is -2.32. The molecule has 2 saturated heterocycles. The van der Waals surface area contributed by atoms with Gasteiger partial charge in [0.1, 0.15) is 0 Å². The molecule has 5 rings (SSSR count). The van der Waals surface area contributed by atoms with Crippen molar-refractivity contribution < 1.29 is 50.9 Å². The molecule has 0 bridgehead atoms. The molecule has 1 spiro atoms. The number of rotatable bonds is 7. The van der Waals surface area contributed by atoms with Gasteiger partial charge in [0.25, 0.3) is 11.5 Å². The molecule has 1 unspecified atom stereocenters. The standard InChI is InChI=1S/C33H38F6N4O6/c34-32(35,36)17-23(18-33(37,38)39)27(45)42-11-10-31(49,30(20-42)8-4-5-9-30)21-43-19-25(24(16-26(43)44)22-6-2-1-3-7-22)28(46)40-12-14-41(15-13-40)29(47)48/h1-3,6-7,16,19,23,49H,4-5,8-15,17-18,20-21H2,(H,47,48). The van der Waals surface area contributed by atoms with Crippen LogP contribution in [0.5, 0.6) is 0 Å². The van der Waals surface area contributed by atoms with E-state index in [1.54, 1.807) is 30.3 Å². The van der Waals surface area contributed by atoms with Gasteiger partial charge >= 0.3 is 18.4 Å². The third-order valence-electron chi connectivity index (χ3n) is 10.2. The highest BCUT2D eigenvalue weighted by Crippen LogP contribution is 2.52. The molecule has 3 fully saturated rings. The number of likely N-dealkylation sites (tertiary alicyclic amines) is 1. The van der Waals surface area contributed by atoms with Crippen molar-refractivity contribution in [2.24, 2.45) is 11.3 Å². The van der Waals surface area contributed by atoms with Gasteiger partial charge in [0.15, 0.2) is 0 Å². The van der Waals surface area contributed by atoms with E-state index in [1.165, 1.54) is 26.6 Å². The highest BCUT2D eigenvalue weighted by Gasteiger charge is 2.56. The molecule has 268 valence electrons. The van der Waals surface area contributed by atoms with E-state index in [-0.39, 0.29) is 57.8 Å². The molecule has 1 aromatic carbocycles. The Hall–Kier alpha value is -4.08. The number of carbonyl (C=O) groups excluding carboxylic acids is 2. The molecule has 2 N–H and O–H groups in total. The van der Waals surface area contributed by atoms with Gasteiger partial charge in [0.05, 0.1) is 36.5 Å². The number of aliphatic hydroxyl groups is 1. The van der Waals surface area contributed by atoms with Gasteiger partial charge in [-0.1, -0.05) is 43.2 Å². The van der Waals surface area contributed by atoms with E-state index in [1.807, 2.05) is 0 Å². The third-order valence-corrected chi connectivity index (χ3v) is 10.2. The summed E-state index contributed by atoms with van der Waals surface area (Å²) in [4.78, 5) is 55.8. The number of piperazine rings is 1. The molecule has 3 heterocycles. The highest BCUT2D eigenvalue weighted by molar-refractivity contribution is 6.00. The second-order valence-electron chi connectivity index (χ2n) is 13.4. The van der Waals surface area contributed by atoms with Gasteiger partial charge < -0.3 is 29.5 Å². The number of piperidine rings is 1. The maximum Gasteiger partial charge on any atom is 0.407 e. The smallest absolute Gasteiger partial charge is 0.407 e. The number of halogens is 6. The lowest BCUT2D eigenvalue weighted by molar-refractivity contribution is -0.190. The maximum absolute atomic E-state index is 13.9. The number of hydrogen-bond donors (Lipinski definition) is 2.